The van der Waals surface area contributed by atoms with Crippen LogP contribution in [0.2, 0.25) is 0 Å². The van der Waals surface area contributed by atoms with Gasteiger partial charge in [0.05, 0.1) is 0 Å². The third-order valence-corrected chi connectivity index (χ3v) is 4.21. The Morgan fingerprint density at radius 1 is 1.41 bits per heavy atom. The second-order valence-corrected chi connectivity index (χ2v) is 5.74. The topological polar surface area (TPSA) is 50.9 Å². The first-order chi connectivity index (χ1) is 8.28. The van der Waals surface area contributed by atoms with Crippen LogP contribution in [-0.2, 0) is 12.8 Å². The minimum atomic E-state index is 0.218. The van der Waals surface area contributed by atoms with E-state index in [1.165, 1.54) is 4.88 Å². The highest BCUT2D eigenvalue weighted by Gasteiger charge is 2.10. The fourth-order valence-corrected chi connectivity index (χ4v) is 3.20. The first kappa shape index (κ1) is 12.7. The predicted molar refractivity (Wildman–Crippen MR) is 74.8 cm³/mol. The van der Waals surface area contributed by atoms with Crippen molar-refractivity contribution in [3.8, 4) is 0 Å². The molecule has 3 nitrogen and oxygen atoms in total. The highest BCUT2D eigenvalue weighted by atomic mass is 79.9. The molecule has 3 N–H and O–H groups in total. The zero-order valence-electron chi connectivity index (χ0n) is 9.27. The van der Waals surface area contributed by atoms with E-state index in [4.69, 9.17) is 5.84 Å². The molecule has 90 valence electrons. The molecule has 0 aliphatic heterocycles. The lowest BCUT2D eigenvalue weighted by atomic mass is 10.1. The number of nitrogens with one attached hydrogen (secondary N) is 1. The van der Waals surface area contributed by atoms with Crippen LogP contribution in [0.25, 0.3) is 0 Å². The van der Waals surface area contributed by atoms with E-state index in [2.05, 4.69) is 37.8 Å². The molecule has 0 aliphatic carbocycles. The lowest BCUT2D eigenvalue weighted by Crippen LogP contribution is -2.38. The molecule has 1 unspecified atom stereocenters. The SMILES string of the molecule is NNC(Cc1ccccn1)Cc1cc(Br)cs1. The second-order valence-electron chi connectivity index (χ2n) is 3.82. The van der Waals surface area contributed by atoms with Gasteiger partial charge in [0.15, 0.2) is 0 Å². The Kier molecular flexibility index (Phi) is 4.67. The molecule has 0 bridgehead atoms. The number of rotatable bonds is 5. The van der Waals surface area contributed by atoms with E-state index in [0.717, 1.165) is 23.0 Å². The summed E-state index contributed by atoms with van der Waals surface area (Å²) < 4.78 is 1.13. The van der Waals surface area contributed by atoms with E-state index >= 15 is 0 Å². The molecule has 5 heteroatoms. The number of hydrazine groups is 1. The van der Waals surface area contributed by atoms with E-state index in [1.807, 2.05) is 24.4 Å². The molecule has 0 fully saturated rings. The summed E-state index contributed by atoms with van der Waals surface area (Å²) in [6.45, 7) is 0. The van der Waals surface area contributed by atoms with Gasteiger partial charge in [-0.3, -0.25) is 16.3 Å². The monoisotopic (exact) mass is 311 g/mol. The maximum Gasteiger partial charge on any atom is 0.0419 e. The molecular weight excluding hydrogens is 298 g/mol. The summed E-state index contributed by atoms with van der Waals surface area (Å²) in [5, 5.41) is 2.09. The molecule has 0 radical (unpaired) electrons. The average Bonchev–Trinajstić information content (AvgIpc) is 2.75. The Morgan fingerprint density at radius 2 is 2.29 bits per heavy atom. The van der Waals surface area contributed by atoms with Gasteiger partial charge in [-0.2, -0.15) is 0 Å². The van der Waals surface area contributed by atoms with Gasteiger partial charge in [0.25, 0.3) is 0 Å². The second kappa shape index (κ2) is 6.26. The van der Waals surface area contributed by atoms with Crippen molar-refractivity contribution in [1.29, 1.82) is 0 Å². The zero-order valence-corrected chi connectivity index (χ0v) is 11.7. The Balaban J connectivity index is 1.98. The van der Waals surface area contributed by atoms with Crippen LogP contribution in [0, 0.1) is 0 Å². The normalized spacial score (nSPS) is 12.6. The smallest absolute Gasteiger partial charge is 0.0419 e. The number of hydrogen-bond donors (Lipinski definition) is 2. The molecule has 0 spiro atoms. The van der Waals surface area contributed by atoms with Gasteiger partial charge in [0.1, 0.15) is 0 Å². The summed E-state index contributed by atoms with van der Waals surface area (Å²) in [5.41, 5.74) is 3.92. The molecule has 0 aliphatic rings. The highest BCUT2D eigenvalue weighted by molar-refractivity contribution is 9.10. The Labute approximate surface area is 113 Å². The fraction of sp³-hybridized carbons (Fsp3) is 0.250. The van der Waals surface area contributed by atoms with Crippen LogP contribution < -0.4 is 11.3 Å². The van der Waals surface area contributed by atoms with Crippen LogP contribution in [0.1, 0.15) is 10.6 Å². The molecule has 2 aromatic rings. The maximum absolute atomic E-state index is 5.59. The largest absolute Gasteiger partial charge is 0.271 e. The Bertz CT molecular complexity index is 458. The first-order valence-corrected chi connectivity index (χ1v) is 7.04. The molecular formula is C12H14BrN3S. The van der Waals surface area contributed by atoms with Gasteiger partial charge in [0.2, 0.25) is 0 Å². The standard InChI is InChI=1S/C12H14BrN3S/c13-9-5-12(17-8-9)7-11(16-14)6-10-3-1-2-4-15-10/h1-5,8,11,16H,6-7,14H2. The minimum Gasteiger partial charge on any atom is -0.271 e. The molecule has 2 heterocycles. The van der Waals surface area contributed by atoms with Crippen molar-refractivity contribution in [1.82, 2.24) is 10.4 Å². The van der Waals surface area contributed by atoms with Gasteiger partial charge >= 0.3 is 0 Å². The van der Waals surface area contributed by atoms with Gasteiger partial charge in [-0.1, -0.05) is 6.07 Å². The number of pyridine rings is 1. The van der Waals surface area contributed by atoms with E-state index in [9.17, 15) is 0 Å². The lowest BCUT2D eigenvalue weighted by molar-refractivity contribution is 0.520. The summed E-state index contributed by atoms with van der Waals surface area (Å²) in [7, 11) is 0. The van der Waals surface area contributed by atoms with E-state index in [-0.39, 0.29) is 6.04 Å². The van der Waals surface area contributed by atoms with E-state index < -0.39 is 0 Å². The van der Waals surface area contributed by atoms with Gasteiger partial charge < -0.3 is 0 Å². The molecule has 2 aromatic heterocycles. The number of nitrogens with zero attached hydrogens (tertiary/aromatic N) is 1. The number of hydrogen-bond acceptors (Lipinski definition) is 4. The van der Waals surface area contributed by atoms with Crippen LogP contribution in [0.4, 0.5) is 0 Å². The van der Waals surface area contributed by atoms with Crippen LogP contribution in [0.15, 0.2) is 40.3 Å². The van der Waals surface area contributed by atoms with Crippen molar-refractivity contribution in [3.63, 3.8) is 0 Å². The van der Waals surface area contributed by atoms with Crippen LogP contribution >= 0.6 is 27.3 Å². The first-order valence-electron chi connectivity index (χ1n) is 5.37. The molecule has 17 heavy (non-hydrogen) atoms. The zero-order chi connectivity index (χ0) is 12.1. The summed E-state index contributed by atoms with van der Waals surface area (Å²) >= 11 is 5.20. The molecule has 0 aromatic carbocycles. The predicted octanol–water partition coefficient (Wildman–Crippen LogP) is 2.52. The van der Waals surface area contributed by atoms with Crippen LogP contribution in [0.5, 0.6) is 0 Å². The van der Waals surface area contributed by atoms with Gasteiger partial charge in [-0.05, 0) is 40.5 Å². The highest BCUT2D eigenvalue weighted by Crippen LogP contribution is 2.21. The van der Waals surface area contributed by atoms with Crippen molar-refractivity contribution in [3.05, 3.63) is 50.9 Å². The molecule has 0 saturated carbocycles. The average molecular weight is 312 g/mol. The van der Waals surface area contributed by atoms with Crippen molar-refractivity contribution in [2.75, 3.05) is 0 Å². The Morgan fingerprint density at radius 3 is 2.88 bits per heavy atom. The molecule has 0 amide bonds. The molecule has 0 saturated heterocycles. The fourth-order valence-electron chi connectivity index (χ4n) is 1.67. The van der Waals surface area contributed by atoms with E-state index in [0.29, 0.717) is 0 Å². The third kappa shape index (κ3) is 3.89. The number of thiophene rings is 1. The number of aromatic nitrogens is 1. The van der Waals surface area contributed by atoms with Crippen molar-refractivity contribution < 1.29 is 0 Å². The number of nitrogens with two attached hydrogens (primary N) is 1. The lowest BCUT2D eigenvalue weighted by Gasteiger charge is -2.14. The van der Waals surface area contributed by atoms with Crippen LogP contribution in [-0.4, -0.2) is 11.0 Å². The Hall–Kier alpha value is -0.750. The van der Waals surface area contributed by atoms with Crippen molar-refractivity contribution in [2.45, 2.75) is 18.9 Å². The van der Waals surface area contributed by atoms with Crippen molar-refractivity contribution in [2.24, 2.45) is 5.84 Å². The third-order valence-electron chi connectivity index (χ3n) is 2.49. The van der Waals surface area contributed by atoms with E-state index in [1.54, 1.807) is 11.3 Å². The maximum atomic E-state index is 5.59. The summed E-state index contributed by atoms with van der Waals surface area (Å²) in [4.78, 5) is 5.63. The summed E-state index contributed by atoms with van der Waals surface area (Å²) in [6, 6.07) is 8.29. The van der Waals surface area contributed by atoms with Gasteiger partial charge in [-0.25, -0.2) is 0 Å². The van der Waals surface area contributed by atoms with Gasteiger partial charge in [-0.15, -0.1) is 11.3 Å². The molecule has 2 rings (SSSR count). The quantitative estimate of drug-likeness (QED) is 0.659. The molecule has 1 atom stereocenters. The number of halogens is 1. The summed E-state index contributed by atoms with van der Waals surface area (Å²) in [6.07, 6.45) is 3.57. The minimum absolute atomic E-state index is 0.218. The summed E-state index contributed by atoms with van der Waals surface area (Å²) in [5.74, 6) is 5.59. The van der Waals surface area contributed by atoms with Gasteiger partial charge in [0, 0.05) is 39.1 Å². The van der Waals surface area contributed by atoms with Crippen LogP contribution in [0.3, 0.4) is 0 Å². The van der Waals surface area contributed by atoms with Crippen molar-refractivity contribution >= 4 is 27.3 Å².